The minimum Gasteiger partial charge on any atom is -0.484 e. The molecule has 2 aromatic rings. The van der Waals surface area contributed by atoms with Crippen LogP contribution in [-0.4, -0.2) is 18.7 Å². The summed E-state index contributed by atoms with van der Waals surface area (Å²) in [7, 11) is 0. The Morgan fingerprint density at radius 1 is 1.08 bits per heavy atom. The molecule has 0 saturated heterocycles. The number of amides is 1. The Bertz CT molecular complexity index is 696. The molecule has 0 aliphatic carbocycles. The van der Waals surface area contributed by atoms with E-state index in [0.29, 0.717) is 5.75 Å². The third-order valence-electron chi connectivity index (χ3n) is 3.57. The fourth-order valence-corrected chi connectivity index (χ4v) is 2.06. The van der Waals surface area contributed by atoms with Crippen LogP contribution < -0.4 is 10.2 Å². The normalized spacial score (nSPS) is 11.5. The zero-order valence-electron chi connectivity index (χ0n) is 14.7. The van der Waals surface area contributed by atoms with Gasteiger partial charge in [0.15, 0.2) is 6.61 Å². The van der Waals surface area contributed by atoms with Crippen molar-refractivity contribution in [1.29, 1.82) is 0 Å². The maximum Gasteiger partial charge on any atom is 0.277 e. The van der Waals surface area contributed by atoms with Gasteiger partial charge in [0.2, 0.25) is 0 Å². The molecular weight excluding hydrogens is 300 g/mol. The van der Waals surface area contributed by atoms with Crippen LogP contribution in [0.1, 0.15) is 37.5 Å². The van der Waals surface area contributed by atoms with Gasteiger partial charge in [-0.2, -0.15) is 5.10 Å². The maximum atomic E-state index is 11.7. The lowest BCUT2D eigenvalue weighted by molar-refractivity contribution is -0.123. The van der Waals surface area contributed by atoms with Crippen molar-refractivity contribution in [3.05, 3.63) is 65.2 Å². The summed E-state index contributed by atoms with van der Waals surface area (Å²) in [6, 6.07) is 15.7. The molecule has 0 saturated carbocycles. The van der Waals surface area contributed by atoms with E-state index in [1.807, 2.05) is 55.5 Å². The fraction of sp³-hybridized carbons (Fsp3) is 0.300. The quantitative estimate of drug-likeness (QED) is 0.671. The molecule has 0 aliphatic heterocycles. The average Bonchev–Trinajstić information content (AvgIpc) is 2.54. The molecule has 0 fully saturated rings. The van der Waals surface area contributed by atoms with Gasteiger partial charge in [-0.05, 0) is 35.6 Å². The number of nitrogens with one attached hydrogen (secondary N) is 1. The summed E-state index contributed by atoms with van der Waals surface area (Å²) in [5, 5.41) is 3.93. The lowest BCUT2D eigenvalue weighted by Gasteiger charge is -2.19. The van der Waals surface area contributed by atoms with Crippen molar-refractivity contribution in [2.75, 3.05) is 6.61 Å². The molecule has 4 heteroatoms. The van der Waals surface area contributed by atoms with Gasteiger partial charge >= 0.3 is 0 Å². The third kappa shape index (κ3) is 5.54. The number of carbonyl (C=O) groups is 1. The van der Waals surface area contributed by atoms with E-state index in [1.54, 1.807) is 6.21 Å². The molecule has 0 aromatic heterocycles. The summed E-state index contributed by atoms with van der Waals surface area (Å²) in [6.07, 6.45) is 1.61. The van der Waals surface area contributed by atoms with Crippen LogP contribution in [-0.2, 0) is 10.2 Å². The molecular formula is C20H24N2O2. The van der Waals surface area contributed by atoms with E-state index in [-0.39, 0.29) is 17.9 Å². The zero-order chi connectivity index (χ0) is 17.6. The van der Waals surface area contributed by atoms with Gasteiger partial charge in [-0.15, -0.1) is 0 Å². The second kappa shape index (κ2) is 7.77. The van der Waals surface area contributed by atoms with Crippen LogP contribution in [0.3, 0.4) is 0 Å². The summed E-state index contributed by atoms with van der Waals surface area (Å²) in [6.45, 7) is 8.42. The molecule has 1 amide bonds. The Hall–Kier alpha value is -2.62. The number of hydrogen-bond donors (Lipinski definition) is 1. The van der Waals surface area contributed by atoms with Crippen molar-refractivity contribution in [2.24, 2.45) is 5.10 Å². The van der Waals surface area contributed by atoms with E-state index in [1.165, 1.54) is 11.1 Å². The van der Waals surface area contributed by atoms with Gasteiger partial charge in [0.1, 0.15) is 5.75 Å². The Kier molecular flexibility index (Phi) is 5.74. The van der Waals surface area contributed by atoms with Gasteiger partial charge in [-0.25, -0.2) is 5.43 Å². The lowest BCUT2D eigenvalue weighted by atomic mass is 9.87. The largest absolute Gasteiger partial charge is 0.484 e. The van der Waals surface area contributed by atoms with Crippen LogP contribution in [0.25, 0.3) is 0 Å². The van der Waals surface area contributed by atoms with Gasteiger partial charge in [0.05, 0.1) is 6.21 Å². The van der Waals surface area contributed by atoms with Crippen LogP contribution in [0.4, 0.5) is 0 Å². The SMILES string of the molecule is Cc1ccc(/C=N\NC(=O)COc2ccc(C(C)(C)C)cc2)cc1. The highest BCUT2D eigenvalue weighted by molar-refractivity contribution is 5.82. The molecule has 0 bridgehead atoms. The van der Waals surface area contributed by atoms with Crippen molar-refractivity contribution in [3.63, 3.8) is 0 Å². The molecule has 1 N–H and O–H groups in total. The molecule has 24 heavy (non-hydrogen) atoms. The van der Waals surface area contributed by atoms with Crippen LogP contribution >= 0.6 is 0 Å². The summed E-state index contributed by atoms with van der Waals surface area (Å²) >= 11 is 0. The molecule has 0 spiro atoms. The standard InChI is InChI=1S/C20H24N2O2/c1-15-5-7-16(8-6-15)13-21-22-19(23)14-24-18-11-9-17(10-12-18)20(2,3)4/h5-13H,14H2,1-4H3,(H,22,23)/b21-13-. The van der Waals surface area contributed by atoms with E-state index in [4.69, 9.17) is 4.74 Å². The summed E-state index contributed by atoms with van der Waals surface area (Å²) in [4.78, 5) is 11.7. The van der Waals surface area contributed by atoms with Crippen molar-refractivity contribution in [3.8, 4) is 5.75 Å². The highest BCUT2D eigenvalue weighted by Gasteiger charge is 2.13. The van der Waals surface area contributed by atoms with Crippen LogP contribution in [0.2, 0.25) is 0 Å². The molecule has 126 valence electrons. The number of hydrogen-bond acceptors (Lipinski definition) is 3. The topological polar surface area (TPSA) is 50.7 Å². The van der Waals surface area contributed by atoms with Crippen molar-refractivity contribution < 1.29 is 9.53 Å². The van der Waals surface area contributed by atoms with Gasteiger partial charge in [-0.1, -0.05) is 62.7 Å². The molecule has 2 rings (SSSR count). The third-order valence-corrected chi connectivity index (χ3v) is 3.57. The van der Waals surface area contributed by atoms with Gasteiger partial charge in [-0.3, -0.25) is 4.79 Å². The van der Waals surface area contributed by atoms with Gasteiger partial charge in [0, 0.05) is 0 Å². The monoisotopic (exact) mass is 324 g/mol. The number of aryl methyl sites for hydroxylation is 1. The number of ether oxygens (including phenoxy) is 1. The smallest absolute Gasteiger partial charge is 0.277 e. The van der Waals surface area contributed by atoms with E-state index in [2.05, 4.69) is 31.3 Å². The van der Waals surface area contributed by atoms with E-state index in [9.17, 15) is 4.79 Å². The van der Waals surface area contributed by atoms with Crippen LogP contribution in [0, 0.1) is 6.92 Å². The molecule has 0 heterocycles. The molecule has 0 atom stereocenters. The Balaban J connectivity index is 1.79. The van der Waals surface area contributed by atoms with E-state index >= 15 is 0 Å². The van der Waals surface area contributed by atoms with Gasteiger partial charge in [0.25, 0.3) is 5.91 Å². The van der Waals surface area contributed by atoms with Crippen molar-refractivity contribution in [1.82, 2.24) is 5.43 Å². The zero-order valence-corrected chi connectivity index (χ0v) is 14.7. The number of hydrazone groups is 1. The first-order chi connectivity index (χ1) is 11.3. The van der Waals surface area contributed by atoms with E-state index < -0.39 is 0 Å². The second-order valence-electron chi connectivity index (χ2n) is 6.77. The summed E-state index contributed by atoms with van der Waals surface area (Å²) in [5.41, 5.74) is 5.89. The first kappa shape index (κ1) is 17.7. The highest BCUT2D eigenvalue weighted by Crippen LogP contribution is 2.24. The number of benzene rings is 2. The lowest BCUT2D eigenvalue weighted by Crippen LogP contribution is -2.24. The molecule has 0 aliphatic rings. The summed E-state index contributed by atoms with van der Waals surface area (Å²) in [5.74, 6) is 0.374. The Morgan fingerprint density at radius 2 is 1.71 bits per heavy atom. The van der Waals surface area contributed by atoms with Crippen molar-refractivity contribution in [2.45, 2.75) is 33.1 Å². The fourth-order valence-electron chi connectivity index (χ4n) is 2.06. The molecule has 2 aromatic carbocycles. The number of rotatable bonds is 5. The minimum atomic E-state index is -0.293. The Labute approximate surface area is 143 Å². The Morgan fingerprint density at radius 3 is 2.29 bits per heavy atom. The first-order valence-corrected chi connectivity index (χ1v) is 7.96. The van der Waals surface area contributed by atoms with Crippen LogP contribution in [0.15, 0.2) is 53.6 Å². The molecule has 0 unspecified atom stereocenters. The second-order valence-corrected chi connectivity index (χ2v) is 6.77. The number of carbonyl (C=O) groups excluding carboxylic acids is 1. The first-order valence-electron chi connectivity index (χ1n) is 7.96. The predicted molar refractivity (Wildman–Crippen MR) is 97.6 cm³/mol. The maximum absolute atomic E-state index is 11.7. The molecule has 4 nitrogen and oxygen atoms in total. The highest BCUT2D eigenvalue weighted by atomic mass is 16.5. The minimum absolute atomic E-state index is 0.0693. The van der Waals surface area contributed by atoms with Crippen molar-refractivity contribution >= 4 is 12.1 Å². The predicted octanol–water partition coefficient (Wildman–Crippen LogP) is 3.82. The number of nitrogens with zero attached hydrogens (tertiary/aromatic N) is 1. The molecule has 0 radical (unpaired) electrons. The van der Waals surface area contributed by atoms with Gasteiger partial charge < -0.3 is 4.74 Å². The average molecular weight is 324 g/mol. The van der Waals surface area contributed by atoms with E-state index in [0.717, 1.165) is 5.56 Å². The van der Waals surface area contributed by atoms with Crippen LogP contribution in [0.5, 0.6) is 5.75 Å². The summed E-state index contributed by atoms with van der Waals surface area (Å²) < 4.78 is 5.47.